The molecular weight excluding hydrogens is 411 g/mol. The minimum Gasteiger partial charge on any atom is -0.467 e. The summed E-state index contributed by atoms with van der Waals surface area (Å²) in [6.45, 7) is 1.36. The van der Waals surface area contributed by atoms with E-state index in [-0.39, 0.29) is 22.0 Å². The SMILES string of the molecule is COC(=O)[C@H](C)N1C(=O)S/C(=C/c2ccc(-c3cccc(C(F)(F)F)c3)o2)C1=O. The van der Waals surface area contributed by atoms with E-state index in [1.807, 2.05) is 0 Å². The predicted octanol–water partition coefficient (Wildman–Crippen LogP) is 4.56. The number of benzene rings is 1. The van der Waals surface area contributed by atoms with Crippen LogP contribution in [0.25, 0.3) is 17.4 Å². The summed E-state index contributed by atoms with van der Waals surface area (Å²) in [4.78, 5) is 37.0. The molecule has 0 spiro atoms. The van der Waals surface area contributed by atoms with Crippen LogP contribution in [0.4, 0.5) is 18.0 Å². The van der Waals surface area contributed by atoms with Crippen LogP contribution in [0, 0.1) is 0 Å². The number of rotatable bonds is 4. The number of carbonyl (C=O) groups excluding carboxylic acids is 3. The first-order valence-electron chi connectivity index (χ1n) is 8.24. The van der Waals surface area contributed by atoms with Crippen LogP contribution in [0.15, 0.2) is 45.7 Å². The fourth-order valence-corrected chi connectivity index (χ4v) is 3.54. The van der Waals surface area contributed by atoms with E-state index < -0.39 is 34.9 Å². The molecule has 2 aromatic rings. The fourth-order valence-electron chi connectivity index (χ4n) is 2.65. The van der Waals surface area contributed by atoms with Crippen LogP contribution < -0.4 is 0 Å². The van der Waals surface area contributed by atoms with E-state index in [1.165, 1.54) is 37.3 Å². The molecule has 0 aliphatic carbocycles. The van der Waals surface area contributed by atoms with Crippen LogP contribution in [0.1, 0.15) is 18.2 Å². The molecule has 1 atom stereocenters. The smallest absolute Gasteiger partial charge is 0.416 e. The Morgan fingerprint density at radius 1 is 1.24 bits per heavy atom. The molecule has 1 aliphatic heterocycles. The average Bonchev–Trinajstić information content (AvgIpc) is 3.25. The number of methoxy groups -OCH3 is 1. The van der Waals surface area contributed by atoms with Crippen LogP contribution in [0.3, 0.4) is 0 Å². The standard InChI is InChI=1S/C19H14F3NO5S/c1-10(17(25)27-2)23-16(24)15(29-18(23)26)9-13-6-7-14(28-13)11-4-3-5-12(8-11)19(20,21)22/h3-10H,1-2H3/b15-9+/t10-/m0/s1. The number of carbonyl (C=O) groups is 3. The number of amides is 2. The van der Waals surface area contributed by atoms with E-state index >= 15 is 0 Å². The van der Waals surface area contributed by atoms with Crippen molar-refractivity contribution in [2.24, 2.45) is 0 Å². The molecule has 1 aliphatic rings. The zero-order valence-corrected chi connectivity index (χ0v) is 16.0. The van der Waals surface area contributed by atoms with Gasteiger partial charge in [-0.05, 0) is 43.0 Å². The molecule has 152 valence electrons. The third kappa shape index (κ3) is 4.21. The lowest BCUT2D eigenvalue weighted by atomic mass is 10.1. The van der Waals surface area contributed by atoms with E-state index in [2.05, 4.69) is 4.74 Å². The Morgan fingerprint density at radius 3 is 2.62 bits per heavy atom. The maximum atomic E-state index is 12.9. The number of nitrogens with zero attached hydrogens (tertiary/aromatic N) is 1. The van der Waals surface area contributed by atoms with Crippen molar-refractivity contribution in [1.29, 1.82) is 0 Å². The van der Waals surface area contributed by atoms with Crippen molar-refractivity contribution in [2.75, 3.05) is 7.11 Å². The second kappa shape index (κ2) is 7.78. The highest BCUT2D eigenvalue weighted by molar-refractivity contribution is 8.18. The Bertz CT molecular complexity index is 1010. The number of hydrogen-bond donors (Lipinski definition) is 0. The Kier molecular flexibility index (Phi) is 5.56. The lowest BCUT2D eigenvalue weighted by Gasteiger charge is -2.18. The Balaban J connectivity index is 1.85. The summed E-state index contributed by atoms with van der Waals surface area (Å²) < 4.78 is 48.7. The fraction of sp³-hybridized carbons (Fsp3) is 0.211. The number of alkyl halides is 3. The molecule has 3 rings (SSSR count). The predicted molar refractivity (Wildman–Crippen MR) is 98.4 cm³/mol. The Morgan fingerprint density at radius 2 is 1.97 bits per heavy atom. The molecule has 0 radical (unpaired) electrons. The molecule has 1 aromatic carbocycles. The number of ether oxygens (including phenoxy) is 1. The van der Waals surface area contributed by atoms with E-state index in [0.29, 0.717) is 11.8 Å². The van der Waals surface area contributed by atoms with Gasteiger partial charge in [-0.2, -0.15) is 13.2 Å². The molecule has 0 bridgehead atoms. The van der Waals surface area contributed by atoms with Crippen molar-refractivity contribution in [3.63, 3.8) is 0 Å². The normalized spacial score (nSPS) is 17.1. The van der Waals surface area contributed by atoms with Crippen molar-refractivity contribution >= 4 is 35.0 Å². The van der Waals surface area contributed by atoms with Gasteiger partial charge in [-0.25, -0.2) is 4.79 Å². The number of thioether (sulfide) groups is 1. The second-order valence-electron chi connectivity index (χ2n) is 6.03. The summed E-state index contributed by atoms with van der Waals surface area (Å²) in [7, 11) is 1.14. The lowest BCUT2D eigenvalue weighted by Crippen LogP contribution is -2.42. The van der Waals surface area contributed by atoms with Gasteiger partial charge in [-0.15, -0.1) is 0 Å². The highest BCUT2D eigenvalue weighted by atomic mass is 32.2. The van der Waals surface area contributed by atoms with Gasteiger partial charge in [0.05, 0.1) is 17.6 Å². The van der Waals surface area contributed by atoms with E-state index in [0.717, 1.165) is 24.1 Å². The number of furan rings is 1. The number of imide groups is 1. The highest BCUT2D eigenvalue weighted by Gasteiger charge is 2.41. The summed E-state index contributed by atoms with van der Waals surface area (Å²) in [6, 6.07) is 6.47. The molecule has 1 fully saturated rings. The monoisotopic (exact) mass is 425 g/mol. The van der Waals surface area contributed by atoms with E-state index in [4.69, 9.17) is 4.42 Å². The van der Waals surface area contributed by atoms with Gasteiger partial charge in [0.15, 0.2) is 0 Å². The highest BCUT2D eigenvalue weighted by Crippen LogP contribution is 2.36. The van der Waals surface area contributed by atoms with Crippen LogP contribution in [0.2, 0.25) is 0 Å². The van der Waals surface area contributed by atoms with Crippen LogP contribution in [-0.2, 0) is 20.5 Å². The summed E-state index contributed by atoms with van der Waals surface area (Å²) >= 11 is 0.626. The topological polar surface area (TPSA) is 76.8 Å². The molecule has 0 N–H and O–H groups in total. The largest absolute Gasteiger partial charge is 0.467 e. The molecule has 2 heterocycles. The van der Waals surface area contributed by atoms with Crippen molar-refractivity contribution in [1.82, 2.24) is 4.90 Å². The molecule has 1 aromatic heterocycles. The molecule has 0 saturated carbocycles. The molecule has 6 nitrogen and oxygen atoms in total. The number of hydrogen-bond acceptors (Lipinski definition) is 6. The molecule has 29 heavy (non-hydrogen) atoms. The van der Waals surface area contributed by atoms with Gasteiger partial charge >= 0.3 is 12.1 Å². The number of esters is 1. The van der Waals surface area contributed by atoms with Gasteiger partial charge in [0.25, 0.3) is 11.1 Å². The van der Waals surface area contributed by atoms with Crippen molar-refractivity contribution in [2.45, 2.75) is 19.1 Å². The van der Waals surface area contributed by atoms with Crippen molar-refractivity contribution < 1.29 is 36.7 Å². The van der Waals surface area contributed by atoms with Gasteiger partial charge < -0.3 is 9.15 Å². The van der Waals surface area contributed by atoms with Crippen molar-refractivity contribution in [3.8, 4) is 11.3 Å². The molecule has 0 unspecified atom stereocenters. The van der Waals surface area contributed by atoms with E-state index in [9.17, 15) is 27.6 Å². The van der Waals surface area contributed by atoms with E-state index in [1.54, 1.807) is 0 Å². The lowest BCUT2D eigenvalue weighted by molar-refractivity contribution is -0.148. The quantitative estimate of drug-likeness (QED) is 0.528. The van der Waals surface area contributed by atoms with Gasteiger partial charge in [0.2, 0.25) is 0 Å². The molecule has 10 heteroatoms. The van der Waals surface area contributed by atoms with Crippen molar-refractivity contribution in [3.05, 3.63) is 52.6 Å². The third-order valence-corrected chi connectivity index (χ3v) is 5.01. The zero-order valence-electron chi connectivity index (χ0n) is 15.1. The Hall–Kier alpha value is -3.01. The first kappa shape index (κ1) is 20.7. The molecule has 2 amide bonds. The maximum Gasteiger partial charge on any atom is 0.416 e. The summed E-state index contributed by atoms with van der Waals surface area (Å²) in [5.74, 6) is -1.08. The minimum absolute atomic E-state index is 0.0238. The number of halogens is 3. The van der Waals surface area contributed by atoms with Gasteiger partial charge in [0, 0.05) is 11.6 Å². The first-order valence-corrected chi connectivity index (χ1v) is 9.06. The molecular formula is C19H14F3NO5S. The minimum atomic E-state index is -4.49. The maximum absolute atomic E-state index is 12.9. The van der Waals surface area contributed by atoms with Crippen LogP contribution in [-0.4, -0.2) is 35.2 Å². The van der Waals surface area contributed by atoms with Crippen LogP contribution >= 0.6 is 11.8 Å². The first-order chi connectivity index (χ1) is 13.6. The van der Waals surface area contributed by atoms with Gasteiger partial charge in [0.1, 0.15) is 17.6 Å². The summed E-state index contributed by atoms with van der Waals surface area (Å²) in [5, 5.41) is -0.635. The second-order valence-corrected chi connectivity index (χ2v) is 7.02. The zero-order chi connectivity index (χ0) is 21.3. The average molecular weight is 425 g/mol. The van der Waals surface area contributed by atoms with Crippen LogP contribution in [0.5, 0.6) is 0 Å². The van der Waals surface area contributed by atoms with Gasteiger partial charge in [-0.3, -0.25) is 14.5 Å². The summed E-state index contributed by atoms with van der Waals surface area (Å²) in [6.07, 6.45) is -3.19. The Labute approximate surface area is 167 Å². The van der Waals surface area contributed by atoms with Gasteiger partial charge in [-0.1, -0.05) is 12.1 Å². The summed E-state index contributed by atoms with van der Waals surface area (Å²) in [5.41, 5.74) is -0.599. The third-order valence-electron chi connectivity index (χ3n) is 4.13. The molecule has 1 saturated heterocycles.